The molecule has 4 rings (SSSR count). The predicted octanol–water partition coefficient (Wildman–Crippen LogP) is 1.93. The summed E-state index contributed by atoms with van der Waals surface area (Å²) in [6.07, 6.45) is 2.79. The van der Waals surface area contributed by atoms with Crippen LogP contribution in [0, 0.1) is 6.92 Å². The Morgan fingerprint density at radius 3 is 2.71 bits per heavy atom. The van der Waals surface area contributed by atoms with Gasteiger partial charge in [-0.2, -0.15) is 0 Å². The topological polar surface area (TPSA) is 76.5 Å². The first-order valence-electron chi connectivity index (χ1n) is 9.94. The molecule has 1 saturated heterocycles. The zero-order valence-electron chi connectivity index (χ0n) is 16.2. The lowest BCUT2D eigenvalue weighted by atomic mass is 10.1. The molecular formula is C21H26N4O3. The van der Waals surface area contributed by atoms with Crippen molar-refractivity contribution >= 4 is 11.8 Å². The van der Waals surface area contributed by atoms with Crippen molar-refractivity contribution in [2.24, 2.45) is 0 Å². The molecule has 148 valence electrons. The molecule has 1 fully saturated rings. The summed E-state index contributed by atoms with van der Waals surface area (Å²) in [7, 11) is 0. The molecule has 2 aliphatic rings. The van der Waals surface area contributed by atoms with Crippen molar-refractivity contribution in [3.8, 4) is 0 Å². The summed E-state index contributed by atoms with van der Waals surface area (Å²) in [5.74, 6) is 0.0271. The molecule has 0 atom stereocenters. The zero-order chi connectivity index (χ0) is 19.5. The molecule has 0 aliphatic carbocycles. The number of carbonyl (C=O) groups is 2. The fourth-order valence-electron chi connectivity index (χ4n) is 3.87. The Labute approximate surface area is 164 Å². The molecule has 7 heteroatoms. The van der Waals surface area contributed by atoms with Crippen LogP contribution in [0.25, 0.3) is 0 Å². The molecule has 1 aromatic heterocycles. The summed E-state index contributed by atoms with van der Waals surface area (Å²) in [6.45, 7) is 5.43. The molecule has 0 spiro atoms. The number of benzene rings is 1. The van der Waals surface area contributed by atoms with Crippen LogP contribution in [0.5, 0.6) is 0 Å². The van der Waals surface area contributed by atoms with Gasteiger partial charge < -0.3 is 19.5 Å². The molecular weight excluding hydrogens is 356 g/mol. The van der Waals surface area contributed by atoms with Crippen LogP contribution >= 0.6 is 0 Å². The number of nitrogens with zero attached hydrogens (tertiary/aromatic N) is 3. The lowest BCUT2D eigenvalue weighted by Crippen LogP contribution is -2.41. The van der Waals surface area contributed by atoms with Crippen LogP contribution in [0.2, 0.25) is 0 Å². The van der Waals surface area contributed by atoms with Crippen LogP contribution in [-0.2, 0) is 24.2 Å². The van der Waals surface area contributed by atoms with Crippen molar-refractivity contribution in [1.82, 2.24) is 19.8 Å². The zero-order valence-corrected chi connectivity index (χ0v) is 16.2. The fourth-order valence-corrected chi connectivity index (χ4v) is 3.87. The standard InChI is InChI=1S/C21H26N4O3/c1-15-6-2-3-7-16(15)14-22-20(26)19-23-18(17-8-4-5-9-25(17)19)21(27)24-10-12-28-13-11-24/h2-3,6-7H,4-5,8-14H2,1H3,(H,22,26). The summed E-state index contributed by atoms with van der Waals surface area (Å²) in [4.78, 5) is 32.2. The number of carbonyl (C=O) groups excluding carboxylic acids is 2. The van der Waals surface area contributed by atoms with Gasteiger partial charge in [0.1, 0.15) is 5.69 Å². The van der Waals surface area contributed by atoms with E-state index in [-0.39, 0.29) is 11.8 Å². The van der Waals surface area contributed by atoms with Gasteiger partial charge in [-0.05, 0) is 37.3 Å². The lowest BCUT2D eigenvalue weighted by molar-refractivity contribution is 0.0298. The molecule has 2 aliphatic heterocycles. The molecule has 28 heavy (non-hydrogen) atoms. The Kier molecular flexibility index (Phi) is 5.43. The molecule has 0 bridgehead atoms. The monoisotopic (exact) mass is 382 g/mol. The highest BCUT2D eigenvalue weighted by molar-refractivity contribution is 5.97. The van der Waals surface area contributed by atoms with Gasteiger partial charge in [-0.15, -0.1) is 0 Å². The Morgan fingerprint density at radius 2 is 1.93 bits per heavy atom. The third-order valence-electron chi connectivity index (χ3n) is 5.52. The van der Waals surface area contributed by atoms with E-state index >= 15 is 0 Å². The van der Waals surface area contributed by atoms with Crippen LogP contribution in [0.4, 0.5) is 0 Å². The average molecular weight is 382 g/mol. The highest BCUT2D eigenvalue weighted by atomic mass is 16.5. The summed E-state index contributed by atoms with van der Waals surface area (Å²) in [5, 5.41) is 2.97. The number of hydrogen-bond donors (Lipinski definition) is 1. The minimum absolute atomic E-state index is 0.0908. The van der Waals surface area contributed by atoms with Gasteiger partial charge in [0.05, 0.1) is 18.9 Å². The number of rotatable bonds is 4. The molecule has 2 amide bonds. The van der Waals surface area contributed by atoms with E-state index in [9.17, 15) is 9.59 Å². The molecule has 2 aromatic rings. The summed E-state index contributed by atoms with van der Waals surface area (Å²) in [5.41, 5.74) is 3.54. The Morgan fingerprint density at radius 1 is 1.14 bits per heavy atom. The van der Waals surface area contributed by atoms with Crippen LogP contribution < -0.4 is 5.32 Å². The molecule has 3 heterocycles. The van der Waals surface area contributed by atoms with E-state index in [1.807, 2.05) is 35.8 Å². The Balaban J connectivity index is 1.56. The first kappa shape index (κ1) is 18.7. The van der Waals surface area contributed by atoms with Crippen molar-refractivity contribution in [2.75, 3.05) is 26.3 Å². The molecule has 1 N–H and O–H groups in total. The third kappa shape index (κ3) is 3.67. The third-order valence-corrected chi connectivity index (χ3v) is 5.52. The SMILES string of the molecule is Cc1ccccc1CNC(=O)c1nc(C(=O)N2CCOCC2)c2n1CCCC2. The van der Waals surface area contributed by atoms with E-state index in [0.717, 1.165) is 42.6 Å². The first-order chi connectivity index (χ1) is 13.6. The van der Waals surface area contributed by atoms with Gasteiger partial charge in [-0.3, -0.25) is 9.59 Å². The molecule has 7 nitrogen and oxygen atoms in total. The van der Waals surface area contributed by atoms with Gasteiger partial charge in [0, 0.05) is 26.2 Å². The number of fused-ring (bicyclic) bond motifs is 1. The second-order valence-corrected chi connectivity index (χ2v) is 7.35. The quantitative estimate of drug-likeness (QED) is 0.877. The van der Waals surface area contributed by atoms with Crippen molar-refractivity contribution in [3.05, 3.63) is 52.6 Å². The van der Waals surface area contributed by atoms with Crippen molar-refractivity contribution in [1.29, 1.82) is 0 Å². The van der Waals surface area contributed by atoms with Crippen molar-refractivity contribution < 1.29 is 14.3 Å². The Bertz CT molecular complexity index is 884. The number of morpholine rings is 1. The first-order valence-corrected chi connectivity index (χ1v) is 9.94. The van der Waals surface area contributed by atoms with E-state index in [2.05, 4.69) is 10.3 Å². The van der Waals surface area contributed by atoms with Gasteiger partial charge >= 0.3 is 0 Å². The molecule has 1 aromatic carbocycles. The van der Waals surface area contributed by atoms with Gasteiger partial charge in [-0.1, -0.05) is 24.3 Å². The maximum absolute atomic E-state index is 13.0. The Hall–Kier alpha value is -2.67. The fraction of sp³-hybridized carbons (Fsp3) is 0.476. The van der Waals surface area contributed by atoms with Crippen LogP contribution in [-0.4, -0.2) is 52.6 Å². The van der Waals surface area contributed by atoms with Gasteiger partial charge in [0.25, 0.3) is 11.8 Å². The smallest absolute Gasteiger partial charge is 0.287 e. The maximum Gasteiger partial charge on any atom is 0.287 e. The van der Waals surface area contributed by atoms with E-state index in [1.165, 1.54) is 0 Å². The number of nitrogens with one attached hydrogen (secondary N) is 1. The number of amides is 2. The molecule has 0 saturated carbocycles. The maximum atomic E-state index is 13.0. The summed E-state index contributed by atoms with van der Waals surface area (Å²) >= 11 is 0. The second-order valence-electron chi connectivity index (χ2n) is 7.35. The van der Waals surface area contributed by atoms with Gasteiger partial charge in [0.2, 0.25) is 0 Å². The minimum Gasteiger partial charge on any atom is -0.378 e. The van der Waals surface area contributed by atoms with Gasteiger partial charge in [0.15, 0.2) is 5.82 Å². The number of aryl methyl sites for hydroxylation is 1. The van der Waals surface area contributed by atoms with Crippen LogP contribution in [0.1, 0.15) is 50.8 Å². The van der Waals surface area contributed by atoms with E-state index in [4.69, 9.17) is 4.74 Å². The van der Waals surface area contributed by atoms with Crippen molar-refractivity contribution in [3.63, 3.8) is 0 Å². The molecule has 0 unspecified atom stereocenters. The number of aromatic nitrogens is 2. The lowest BCUT2D eigenvalue weighted by Gasteiger charge is -2.26. The summed E-state index contributed by atoms with van der Waals surface area (Å²) < 4.78 is 7.28. The highest BCUT2D eigenvalue weighted by Crippen LogP contribution is 2.23. The van der Waals surface area contributed by atoms with E-state index < -0.39 is 0 Å². The summed E-state index contributed by atoms with van der Waals surface area (Å²) in [6, 6.07) is 7.97. The average Bonchev–Trinajstić information content (AvgIpc) is 3.13. The number of imidazole rings is 1. The van der Waals surface area contributed by atoms with E-state index in [0.29, 0.717) is 44.4 Å². The van der Waals surface area contributed by atoms with Crippen LogP contribution in [0.15, 0.2) is 24.3 Å². The normalized spacial score (nSPS) is 16.5. The highest BCUT2D eigenvalue weighted by Gasteiger charge is 2.30. The molecule has 0 radical (unpaired) electrons. The minimum atomic E-state index is -0.229. The number of ether oxygens (including phenoxy) is 1. The van der Waals surface area contributed by atoms with E-state index in [1.54, 1.807) is 4.90 Å². The van der Waals surface area contributed by atoms with Crippen LogP contribution in [0.3, 0.4) is 0 Å². The number of hydrogen-bond acceptors (Lipinski definition) is 4. The largest absolute Gasteiger partial charge is 0.378 e. The predicted molar refractivity (Wildman–Crippen MR) is 104 cm³/mol. The van der Waals surface area contributed by atoms with Gasteiger partial charge in [-0.25, -0.2) is 4.98 Å². The van der Waals surface area contributed by atoms with Crippen molar-refractivity contribution in [2.45, 2.75) is 39.3 Å². The second kappa shape index (κ2) is 8.14.